The van der Waals surface area contributed by atoms with Crippen LogP contribution >= 0.6 is 0 Å². The largest absolute Gasteiger partial charge is 0.467 e. The van der Waals surface area contributed by atoms with Gasteiger partial charge in [-0.3, -0.25) is 14.4 Å². The minimum absolute atomic E-state index is 0.718. The first kappa shape index (κ1) is 18.8. The highest BCUT2D eigenvalue weighted by atomic mass is 16.7. The van der Waals surface area contributed by atoms with E-state index in [0.29, 0.717) is 0 Å². The molecule has 0 spiro atoms. The molecule has 1 heterocycles. The molecular formula is C13H19NO9. The first-order valence-corrected chi connectivity index (χ1v) is 6.68. The molecule has 0 aromatic heterocycles. The molecule has 0 aliphatic carbocycles. The van der Waals surface area contributed by atoms with Crippen molar-refractivity contribution in [1.82, 2.24) is 0 Å². The van der Waals surface area contributed by atoms with Crippen LogP contribution in [-0.4, -0.2) is 61.6 Å². The Kier molecular flexibility index (Phi) is 6.46. The van der Waals surface area contributed by atoms with Crippen LogP contribution in [0, 0.1) is 0 Å². The van der Waals surface area contributed by atoms with Crippen LogP contribution in [0.5, 0.6) is 0 Å². The Morgan fingerprint density at radius 2 is 1.26 bits per heavy atom. The highest BCUT2D eigenvalue weighted by Crippen LogP contribution is 2.27. The zero-order valence-electron chi connectivity index (χ0n) is 13.1. The van der Waals surface area contributed by atoms with E-state index in [4.69, 9.17) is 24.7 Å². The summed E-state index contributed by atoms with van der Waals surface area (Å²) >= 11 is 0. The van der Waals surface area contributed by atoms with Crippen LogP contribution in [0.2, 0.25) is 0 Å². The fraction of sp³-hybridized carbons (Fsp3) is 0.692. The van der Waals surface area contributed by atoms with Crippen LogP contribution < -0.4 is 5.73 Å². The van der Waals surface area contributed by atoms with E-state index >= 15 is 0 Å². The van der Waals surface area contributed by atoms with Crippen molar-refractivity contribution < 1.29 is 42.9 Å². The van der Waals surface area contributed by atoms with Crippen molar-refractivity contribution >= 4 is 23.9 Å². The summed E-state index contributed by atoms with van der Waals surface area (Å²) in [7, 11) is 1.10. The first-order chi connectivity index (χ1) is 10.7. The third-order valence-electron chi connectivity index (χ3n) is 2.91. The molecule has 0 bridgehead atoms. The van der Waals surface area contributed by atoms with Crippen molar-refractivity contribution in [3.8, 4) is 0 Å². The van der Waals surface area contributed by atoms with E-state index < -0.39 is 54.5 Å². The molecule has 1 aliphatic rings. The third kappa shape index (κ3) is 4.89. The Morgan fingerprint density at radius 1 is 0.826 bits per heavy atom. The van der Waals surface area contributed by atoms with E-state index in [2.05, 4.69) is 4.74 Å². The van der Waals surface area contributed by atoms with Gasteiger partial charge >= 0.3 is 23.9 Å². The molecule has 2 N–H and O–H groups in total. The summed E-state index contributed by atoms with van der Waals surface area (Å²) in [5, 5.41) is 0. The van der Waals surface area contributed by atoms with Crippen LogP contribution in [0.3, 0.4) is 0 Å². The van der Waals surface area contributed by atoms with Crippen LogP contribution in [-0.2, 0) is 42.9 Å². The Balaban J connectivity index is 3.21. The predicted octanol–water partition coefficient (Wildman–Crippen LogP) is -1.36. The zero-order chi connectivity index (χ0) is 17.7. The Morgan fingerprint density at radius 3 is 1.70 bits per heavy atom. The molecule has 130 valence electrons. The average Bonchev–Trinajstić information content (AvgIpc) is 2.43. The maximum Gasteiger partial charge on any atom is 0.339 e. The molecule has 0 radical (unpaired) electrons. The highest BCUT2D eigenvalue weighted by molar-refractivity contribution is 5.77. The average molecular weight is 333 g/mol. The summed E-state index contributed by atoms with van der Waals surface area (Å²) in [5.41, 5.74) is 5.73. The summed E-state index contributed by atoms with van der Waals surface area (Å²) < 4.78 is 24.8. The number of methoxy groups -OCH3 is 1. The van der Waals surface area contributed by atoms with E-state index in [1.165, 1.54) is 0 Å². The van der Waals surface area contributed by atoms with Crippen LogP contribution in [0.15, 0.2) is 0 Å². The van der Waals surface area contributed by atoms with Gasteiger partial charge in [0.1, 0.15) is 6.23 Å². The second kappa shape index (κ2) is 7.88. The topological polar surface area (TPSA) is 140 Å². The quantitative estimate of drug-likeness (QED) is 0.484. The molecule has 23 heavy (non-hydrogen) atoms. The summed E-state index contributed by atoms with van der Waals surface area (Å²) in [6.07, 6.45) is -6.70. The summed E-state index contributed by atoms with van der Waals surface area (Å²) in [4.78, 5) is 45.7. The van der Waals surface area contributed by atoms with Crippen molar-refractivity contribution in [3.05, 3.63) is 0 Å². The lowest BCUT2D eigenvalue weighted by molar-refractivity contribution is -0.247. The molecule has 10 nitrogen and oxygen atoms in total. The highest BCUT2D eigenvalue weighted by Gasteiger charge is 2.53. The monoisotopic (exact) mass is 333 g/mol. The molecule has 5 unspecified atom stereocenters. The van der Waals surface area contributed by atoms with Crippen LogP contribution in [0.1, 0.15) is 20.8 Å². The molecule has 1 rings (SSSR count). The lowest BCUT2D eigenvalue weighted by Gasteiger charge is -2.42. The number of rotatable bonds is 4. The molecule has 1 aliphatic heterocycles. The van der Waals surface area contributed by atoms with Gasteiger partial charge < -0.3 is 29.4 Å². The van der Waals surface area contributed by atoms with E-state index in [1.807, 2.05) is 0 Å². The Bertz CT molecular complexity index is 492. The van der Waals surface area contributed by atoms with Gasteiger partial charge in [-0.2, -0.15) is 0 Å². The van der Waals surface area contributed by atoms with Crippen LogP contribution in [0.25, 0.3) is 0 Å². The van der Waals surface area contributed by atoms with Gasteiger partial charge in [0, 0.05) is 20.8 Å². The van der Waals surface area contributed by atoms with Crippen molar-refractivity contribution in [1.29, 1.82) is 0 Å². The number of ether oxygens (including phenoxy) is 5. The number of esters is 4. The lowest BCUT2D eigenvalue weighted by atomic mass is 9.97. The fourth-order valence-corrected chi connectivity index (χ4v) is 2.15. The smallest absolute Gasteiger partial charge is 0.339 e. The Labute approximate surface area is 132 Å². The molecule has 10 heteroatoms. The SMILES string of the molecule is COC(=O)C1OC(N)C(OC(C)=O)C(OC(C)=O)C1OC(C)=O. The molecule has 0 aromatic rings. The fourth-order valence-electron chi connectivity index (χ4n) is 2.15. The number of nitrogens with two attached hydrogens (primary N) is 1. The number of carbonyl (C=O) groups is 4. The number of hydrogen-bond donors (Lipinski definition) is 1. The second-order valence-corrected chi connectivity index (χ2v) is 4.77. The molecule has 5 atom stereocenters. The second-order valence-electron chi connectivity index (χ2n) is 4.77. The number of carbonyl (C=O) groups excluding carboxylic acids is 4. The van der Waals surface area contributed by atoms with Gasteiger partial charge in [-0.15, -0.1) is 0 Å². The molecule has 0 aromatic carbocycles. The number of hydrogen-bond acceptors (Lipinski definition) is 10. The minimum atomic E-state index is -1.44. The molecule has 0 amide bonds. The van der Waals surface area contributed by atoms with E-state index in [-0.39, 0.29) is 0 Å². The van der Waals surface area contributed by atoms with Crippen LogP contribution in [0.4, 0.5) is 0 Å². The molecular weight excluding hydrogens is 314 g/mol. The van der Waals surface area contributed by atoms with E-state index in [0.717, 1.165) is 27.9 Å². The summed E-state index contributed by atoms with van der Waals surface area (Å²) in [6.45, 7) is 3.31. The lowest BCUT2D eigenvalue weighted by Crippen LogP contribution is -2.65. The zero-order valence-corrected chi connectivity index (χ0v) is 13.1. The predicted molar refractivity (Wildman–Crippen MR) is 71.5 cm³/mol. The van der Waals surface area contributed by atoms with Crippen molar-refractivity contribution in [3.63, 3.8) is 0 Å². The van der Waals surface area contributed by atoms with Gasteiger partial charge in [-0.1, -0.05) is 0 Å². The third-order valence-corrected chi connectivity index (χ3v) is 2.91. The molecule has 1 fully saturated rings. The normalized spacial score (nSPS) is 30.0. The standard InChI is InChI=1S/C13H19NO9/c1-5(15)20-8-9(21-6(2)16)11(13(18)19-4)23-12(14)10(8)22-7(3)17/h8-12H,14H2,1-4H3. The van der Waals surface area contributed by atoms with Gasteiger partial charge in [0.05, 0.1) is 7.11 Å². The molecule has 1 saturated heterocycles. The van der Waals surface area contributed by atoms with E-state index in [1.54, 1.807) is 0 Å². The molecule has 0 saturated carbocycles. The maximum atomic E-state index is 11.8. The summed E-state index contributed by atoms with van der Waals surface area (Å²) in [6, 6.07) is 0. The minimum Gasteiger partial charge on any atom is -0.467 e. The Hall–Kier alpha value is -2.20. The van der Waals surface area contributed by atoms with Crippen molar-refractivity contribution in [2.24, 2.45) is 5.73 Å². The van der Waals surface area contributed by atoms with Gasteiger partial charge in [0.15, 0.2) is 24.4 Å². The van der Waals surface area contributed by atoms with Gasteiger partial charge in [0.2, 0.25) is 0 Å². The van der Waals surface area contributed by atoms with Gasteiger partial charge in [-0.05, 0) is 0 Å². The first-order valence-electron chi connectivity index (χ1n) is 6.68. The van der Waals surface area contributed by atoms with E-state index in [9.17, 15) is 19.2 Å². The summed E-state index contributed by atoms with van der Waals surface area (Å²) in [5.74, 6) is -3.11. The van der Waals surface area contributed by atoms with Crippen molar-refractivity contribution in [2.75, 3.05) is 7.11 Å². The maximum absolute atomic E-state index is 11.8. The van der Waals surface area contributed by atoms with Crippen molar-refractivity contribution in [2.45, 2.75) is 51.4 Å². The van der Waals surface area contributed by atoms with Gasteiger partial charge in [-0.25, -0.2) is 4.79 Å². The van der Waals surface area contributed by atoms with Gasteiger partial charge in [0.25, 0.3) is 0 Å².